The highest BCUT2D eigenvalue weighted by Gasteiger charge is 2.25. The van der Waals surface area contributed by atoms with E-state index < -0.39 is 0 Å². The van der Waals surface area contributed by atoms with Crippen LogP contribution in [0.5, 0.6) is 0 Å². The Balaban J connectivity index is 1.68. The summed E-state index contributed by atoms with van der Waals surface area (Å²) in [6.07, 6.45) is 11.6. The van der Waals surface area contributed by atoms with Gasteiger partial charge in [-0.05, 0) is 81.9 Å². The maximum Gasteiger partial charge on any atom is 0.237 e. The maximum atomic E-state index is 12.5. The van der Waals surface area contributed by atoms with Gasteiger partial charge in [-0.15, -0.1) is 6.58 Å². The number of carbonyl (C=O) groups is 2. The molecule has 1 aliphatic rings. The number of aldehydes is 1. The second-order valence-corrected chi connectivity index (χ2v) is 10.4. The van der Waals surface area contributed by atoms with E-state index in [2.05, 4.69) is 46.2 Å². The third-order valence-corrected chi connectivity index (χ3v) is 7.64. The molecule has 0 aliphatic carbocycles. The number of nitrogens with zero attached hydrogens (tertiary/aromatic N) is 3. The van der Waals surface area contributed by atoms with Crippen LogP contribution in [-0.4, -0.2) is 79.0 Å². The standard InChI is InChI=1S/C32H44N6O2/c1-5-7-10-30(32(40)34-3)37(4)21-28-18-25(11-12-27(28)23-39)24-13-16-38(17-14-24)22-29(20-35-6-2)31(33)26-9-8-15-36-19-26/h5,8-9,11-12,15,18-20,23-24,30,33,35H,1,6-7,10,13-14,16-17,21-22H2,2-4H3,(H,34,40)/b29-20-,33-31?. The molecule has 1 atom stereocenters. The number of allylic oxidation sites excluding steroid dienone is 1. The lowest BCUT2D eigenvalue weighted by molar-refractivity contribution is -0.125. The van der Waals surface area contributed by atoms with Gasteiger partial charge in [-0.2, -0.15) is 0 Å². The Kier molecular flexibility index (Phi) is 12.2. The van der Waals surface area contributed by atoms with Crippen LogP contribution in [0, 0.1) is 5.41 Å². The number of benzene rings is 1. The number of likely N-dealkylation sites (tertiary alicyclic amines) is 1. The summed E-state index contributed by atoms with van der Waals surface area (Å²) < 4.78 is 0. The van der Waals surface area contributed by atoms with Gasteiger partial charge in [0, 0.05) is 62.0 Å². The van der Waals surface area contributed by atoms with Crippen molar-refractivity contribution in [1.82, 2.24) is 25.4 Å². The zero-order chi connectivity index (χ0) is 28.9. The smallest absolute Gasteiger partial charge is 0.237 e. The van der Waals surface area contributed by atoms with Gasteiger partial charge in [0.25, 0.3) is 0 Å². The molecule has 1 unspecified atom stereocenters. The first-order valence-corrected chi connectivity index (χ1v) is 14.2. The summed E-state index contributed by atoms with van der Waals surface area (Å²) in [7, 11) is 3.59. The van der Waals surface area contributed by atoms with Crippen molar-refractivity contribution < 1.29 is 9.59 Å². The summed E-state index contributed by atoms with van der Waals surface area (Å²) in [5.74, 6) is 0.371. The topological polar surface area (TPSA) is 101 Å². The highest BCUT2D eigenvalue weighted by Crippen LogP contribution is 2.30. The van der Waals surface area contributed by atoms with Crippen LogP contribution in [0.15, 0.2) is 67.2 Å². The zero-order valence-electron chi connectivity index (χ0n) is 24.2. The van der Waals surface area contributed by atoms with Gasteiger partial charge in [0.05, 0.1) is 11.8 Å². The van der Waals surface area contributed by atoms with Gasteiger partial charge in [-0.1, -0.05) is 24.3 Å². The number of pyridine rings is 1. The van der Waals surface area contributed by atoms with E-state index in [0.717, 1.165) is 61.9 Å². The van der Waals surface area contributed by atoms with Crippen LogP contribution >= 0.6 is 0 Å². The molecule has 1 amide bonds. The van der Waals surface area contributed by atoms with Crippen molar-refractivity contribution >= 4 is 17.9 Å². The quantitative estimate of drug-likeness (QED) is 0.177. The Bertz CT molecular complexity index is 1170. The van der Waals surface area contributed by atoms with Crippen molar-refractivity contribution in [2.45, 2.75) is 51.1 Å². The Morgan fingerprint density at radius 1 is 1.30 bits per heavy atom. The lowest BCUT2D eigenvalue weighted by Gasteiger charge is -2.33. The lowest BCUT2D eigenvalue weighted by atomic mass is 9.87. The molecule has 0 saturated carbocycles. The summed E-state index contributed by atoms with van der Waals surface area (Å²) in [5, 5.41) is 14.8. The van der Waals surface area contributed by atoms with E-state index in [1.807, 2.05) is 42.4 Å². The van der Waals surface area contributed by atoms with Crippen molar-refractivity contribution in [3.05, 3.63) is 89.4 Å². The van der Waals surface area contributed by atoms with Crippen LogP contribution in [0.3, 0.4) is 0 Å². The highest BCUT2D eigenvalue weighted by atomic mass is 16.2. The normalized spacial score (nSPS) is 15.4. The van der Waals surface area contributed by atoms with Gasteiger partial charge in [0.15, 0.2) is 0 Å². The molecule has 8 nitrogen and oxygen atoms in total. The molecular formula is C32H44N6O2. The van der Waals surface area contributed by atoms with E-state index in [1.54, 1.807) is 19.4 Å². The van der Waals surface area contributed by atoms with Crippen LogP contribution in [0.25, 0.3) is 0 Å². The number of amides is 1. The first-order valence-electron chi connectivity index (χ1n) is 14.2. The average Bonchev–Trinajstić information content (AvgIpc) is 2.99. The van der Waals surface area contributed by atoms with Crippen LogP contribution in [0.1, 0.15) is 65.6 Å². The number of nitrogens with one attached hydrogen (secondary N) is 3. The van der Waals surface area contributed by atoms with Crippen LogP contribution in [-0.2, 0) is 11.3 Å². The van der Waals surface area contributed by atoms with Crippen molar-refractivity contribution in [3.8, 4) is 0 Å². The molecule has 1 fully saturated rings. The summed E-state index contributed by atoms with van der Waals surface area (Å²) in [4.78, 5) is 33.0. The average molecular weight is 545 g/mol. The van der Waals surface area contributed by atoms with E-state index in [0.29, 0.717) is 36.7 Å². The number of hydrogen-bond donors (Lipinski definition) is 3. The Labute approximate surface area is 239 Å². The molecule has 40 heavy (non-hydrogen) atoms. The van der Waals surface area contributed by atoms with Gasteiger partial charge in [0.1, 0.15) is 6.29 Å². The van der Waals surface area contributed by atoms with Crippen molar-refractivity contribution in [2.24, 2.45) is 0 Å². The van der Waals surface area contributed by atoms with Gasteiger partial charge in [0.2, 0.25) is 5.91 Å². The van der Waals surface area contributed by atoms with Gasteiger partial charge in [-0.3, -0.25) is 29.8 Å². The summed E-state index contributed by atoms with van der Waals surface area (Å²) >= 11 is 0. The van der Waals surface area contributed by atoms with Crippen molar-refractivity contribution in [2.75, 3.05) is 40.3 Å². The predicted molar refractivity (Wildman–Crippen MR) is 162 cm³/mol. The predicted octanol–water partition coefficient (Wildman–Crippen LogP) is 4.15. The maximum absolute atomic E-state index is 12.5. The summed E-state index contributed by atoms with van der Waals surface area (Å²) in [6.45, 7) is 9.73. The monoisotopic (exact) mass is 544 g/mol. The molecule has 2 heterocycles. The van der Waals surface area contributed by atoms with E-state index in [4.69, 9.17) is 5.41 Å². The number of carbonyl (C=O) groups excluding carboxylic acids is 2. The van der Waals surface area contributed by atoms with Crippen molar-refractivity contribution in [3.63, 3.8) is 0 Å². The molecule has 1 aromatic carbocycles. The molecule has 0 spiro atoms. The minimum absolute atomic E-state index is 0.0281. The molecule has 3 rings (SSSR count). The summed E-state index contributed by atoms with van der Waals surface area (Å²) in [5.41, 5.74) is 5.12. The fourth-order valence-corrected chi connectivity index (χ4v) is 5.29. The largest absolute Gasteiger partial charge is 0.391 e. The third kappa shape index (κ3) is 8.44. The van der Waals surface area contributed by atoms with E-state index in [9.17, 15) is 9.59 Å². The molecule has 8 heteroatoms. The molecule has 2 aromatic rings. The zero-order valence-corrected chi connectivity index (χ0v) is 24.2. The van der Waals surface area contributed by atoms with Gasteiger partial charge >= 0.3 is 0 Å². The number of rotatable bonds is 15. The van der Waals surface area contributed by atoms with Crippen LogP contribution < -0.4 is 10.6 Å². The second-order valence-electron chi connectivity index (χ2n) is 10.4. The number of hydrogen-bond acceptors (Lipinski definition) is 7. The molecule has 1 aliphatic heterocycles. The second kappa shape index (κ2) is 15.8. The summed E-state index contributed by atoms with van der Waals surface area (Å²) in [6, 6.07) is 9.66. The van der Waals surface area contributed by atoms with E-state index >= 15 is 0 Å². The number of piperidine rings is 1. The SMILES string of the molecule is C=CCCC(C(=O)NC)N(C)Cc1cc(C2CCN(C/C(=C/NCC)C(=N)c3cccnc3)CC2)ccc1C=O. The minimum atomic E-state index is -0.288. The fourth-order valence-electron chi connectivity index (χ4n) is 5.29. The van der Waals surface area contributed by atoms with Gasteiger partial charge < -0.3 is 10.6 Å². The van der Waals surface area contributed by atoms with E-state index in [1.165, 1.54) is 5.56 Å². The Morgan fingerprint density at radius 3 is 2.70 bits per heavy atom. The van der Waals surface area contributed by atoms with Gasteiger partial charge in [-0.25, -0.2) is 0 Å². The first-order chi connectivity index (χ1) is 19.4. The molecule has 214 valence electrons. The van der Waals surface area contributed by atoms with Crippen LogP contribution in [0.2, 0.25) is 0 Å². The van der Waals surface area contributed by atoms with Crippen LogP contribution in [0.4, 0.5) is 0 Å². The first kappa shape index (κ1) is 30.9. The number of likely N-dealkylation sites (N-methyl/N-ethyl adjacent to an activating group) is 2. The highest BCUT2D eigenvalue weighted by molar-refractivity contribution is 6.10. The molecule has 1 aromatic heterocycles. The van der Waals surface area contributed by atoms with Crippen molar-refractivity contribution in [1.29, 1.82) is 5.41 Å². The Morgan fingerprint density at radius 2 is 2.08 bits per heavy atom. The molecule has 0 bridgehead atoms. The fraction of sp³-hybridized carbons (Fsp3) is 0.438. The Hall–Kier alpha value is -3.62. The lowest BCUT2D eigenvalue weighted by Crippen LogP contribution is -2.43. The van der Waals surface area contributed by atoms with E-state index in [-0.39, 0.29) is 11.9 Å². The minimum Gasteiger partial charge on any atom is -0.391 e. The molecule has 1 saturated heterocycles. The molecule has 3 N–H and O–H groups in total. The molecule has 0 radical (unpaired) electrons. The third-order valence-electron chi connectivity index (χ3n) is 7.64. The molecular weight excluding hydrogens is 500 g/mol. The number of aromatic nitrogens is 1.